The molecule has 1 aromatic heterocycles. The van der Waals surface area contributed by atoms with Gasteiger partial charge in [-0.3, -0.25) is 9.59 Å². The van der Waals surface area contributed by atoms with E-state index in [2.05, 4.69) is 15.5 Å². The number of hydrogen-bond donors (Lipinski definition) is 2. The Hall–Kier alpha value is -2.70. The standard InChI is InChI=1S/C14H15N3O4/c1-14(2,13(19)20)7-11(18)16-10-5-3-4-9(6-10)12-17-15-8-21-12/h3-6,8H,7H2,1-2H3,(H,16,18)(H,19,20). The van der Waals surface area contributed by atoms with E-state index in [4.69, 9.17) is 9.52 Å². The molecule has 0 unspecified atom stereocenters. The molecule has 0 bridgehead atoms. The predicted molar refractivity (Wildman–Crippen MR) is 74.4 cm³/mol. The van der Waals surface area contributed by atoms with Gasteiger partial charge in [0.25, 0.3) is 0 Å². The number of aromatic nitrogens is 2. The number of carbonyl (C=O) groups is 2. The molecule has 0 spiro atoms. The van der Waals surface area contributed by atoms with E-state index in [1.165, 1.54) is 20.2 Å². The number of carbonyl (C=O) groups excluding carboxylic acids is 1. The molecule has 0 fully saturated rings. The van der Waals surface area contributed by atoms with Gasteiger partial charge in [0.2, 0.25) is 18.2 Å². The van der Waals surface area contributed by atoms with Crippen molar-refractivity contribution in [3.8, 4) is 11.5 Å². The summed E-state index contributed by atoms with van der Waals surface area (Å²) in [6.45, 7) is 3.01. The quantitative estimate of drug-likeness (QED) is 0.874. The maximum absolute atomic E-state index is 11.9. The van der Waals surface area contributed by atoms with E-state index >= 15 is 0 Å². The molecular weight excluding hydrogens is 274 g/mol. The molecule has 2 rings (SSSR count). The normalized spacial score (nSPS) is 11.1. The zero-order valence-corrected chi connectivity index (χ0v) is 11.7. The molecule has 2 aromatic rings. The number of carboxylic acid groups (broad SMARTS) is 1. The van der Waals surface area contributed by atoms with Crippen molar-refractivity contribution < 1.29 is 19.1 Å². The number of amides is 1. The summed E-state index contributed by atoms with van der Waals surface area (Å²) in [5.41, 5.74) is 0.0912. The van der Waals surface area contributed by atoms with Gasteiger partial charge in [-0.1, -0.05) is 6.07 Å². The lowest BCUT2D eigenvalue weighted by atomic mass is 9.89. The van der Waals surface area contributed by atoms with Crippen LogP contribution in [-0.2, 0) is 9.59 Å². The van der Waals surface area contributed by atoms with Crippen LogP contribution in [0.15, 0.2) is 35.1 Å². The van der Waals surface area contributed by atoms with Crippen molar-refractivity contribution in [3.05, 3.63) is 30.7 Å². The first kappa shape index (κ1) is 14.7. The van der Waals surface area contributed by atoms with Gasteiger partial charge in [-0.05, 0) is 32.0 Å². The fourth-order valence-electron chi connectivity index (χ4n) is 1.71. The van der Waals surface area contributed by atoms with Gasteiger partial charge in [-0.25, -0.2) is 0 Å². The highest BCUT2D eigenvalue weighted by atomic mass is 16.4. The maximum Gasteiger partial charge on any atom is 0.309 e. The molecule has 1 heterocycles. The summed E-state index contributed by atoms with van der Waals surface area (Å²) in [4.78, 5) is 22.9. The fraction of sp³-hybridized carbons (Fsp3) is 0.286. The number of anilines is 1. The van der Waals surface area contributed by atoms with Crippen LogP contribution in [0.2, 0.25) is 0 Å². The van der Waals surface area contributed by atoms with Gasteiger partial charge in [0, 0.05) is 17.7 Å². The molecule has 1 aromatic carbocycles. The Balaban J connectivity index is 2.08. The number of nitrogens with one attached hydrogen (secondary N) is 1. The van der Waals surface area contributed by atoms with Gasteiger partial charge >= 0.3 is 5.97 Å². The van der Waals surface area contributed by atoms with Gasteiger partial charge < -0.3 is 14.8 Å². The molecule has 0 aliphatic rings. The summed E-state index contributed by atoms with van der Waals surface area (Å²) < 4.78 is 5.08. The van der Waals surface area contributed by atoms with Crippen LogP contribution in [-0.4, -0.2) is 27.2 Å². The summed E-state index contributed by atoms with van der Waals surface area (Å²) >= 11 is 0. The van der Waals surface area contributed by atoms with Crippen LogP contribution in [0.3, 0.4) is 0 Å². The number of carboxylic acids is 1. The third-order valence-corrected chi connectivity index (χ3v) is 2.93. The van der Waals surface area contributed by atoms with Crippen molar-refractivity contribution in [2.24, 2.45) is 5.41 Å². The van der Waals surface area contributed by atoms with Crippen LogP contribution in [0, 0.1) is 5.41 Å². The van der Waals surface area contributed by atoms with Crippen molar-refractivity contribution >= 4 is 17.6 Å². The van der Waals surface area contributed by atoms with Gasteiger partial charge in [0.05, 0.1) is 5.41 Å². The van der Waals surface area contributed by atoms with E-state index < -0.39 is 11.4 Å². The van der Waals surface area contributed by atoms with Crippen molar-refractivity contribution in [1.29, 1.82) is 0 Å². The van der Waals surface area contributed by atoms with Gasteiger partial charge in [0.1, 0.15) is 0 Å². The number of rotatable bonds is 5. The smallest absolute Gasteiger partial charge is 0.309 e. The second kappa shape index (κ2) is 5.74. The largest absolute Gasteiger partial charge is 0.481 e. The third-order valence-electron chi connectivity index (χ3n) is 2.93. The summed E-state index contributed by atoms with van der Waals surface area (Å²) in [7, 11) is 0. The molecule has 0 aliphatic heterocycles. The summed E-state index contributed by atoms with van der Waals surface area (Å²) in [5, 5.41) is 19.1. The Labute approximate surface area is 121 Å². The van der Waals surface area contributed by atoms with Gasteiger partial charge in [-0.2, -0.15) is 0 Å². The van der Waals surface area contributed by atoms with Crippen LogP contribution in [0.25, 0.3) is 11.5 Å². The van der Waals surface area contributed by atoms with E-state index in [1.807, 2.05) is 0 Å². The van der Waals surface area contributed by atoms with E-state index in [1.54, 1.807) is 24.3 Å². The number of hydrogen-bond acceptors (Lipinski definition) is 5. The predicted octanol–water partition coefficient (Wildman–Crippen LogP) is 2.18. The van der Waals surface area contributed by atoms with Crippen LogP contribution < -0.4 is 5.32 Å². The highest BCUT2D eigenvalue weighted by molar-refractivity contribution is 5.94. The zero-order valence-electron chi connectivity index (χ0n) is 11.7. The second-order valence-electron chi connectivity index (χ2n) is 5.24. The minimum atomic E-state index is -1.12. The average molecular weight is 289 g/mol. The van der Waals surface area contributed by atoms with Gasteiger partial charge in [0.15, 0.2) is 0 Å². The monoisotopic (exact) mass is 289 g/mol. The summed E-state index contributed by atoms with van der Waals surface area (Å²) in [6.07, 6.45) is 1.10. The third kappa shape index (κ3) is 3.65. The Kier molecular flexibility index (Phi) is 4.02. The summed E-state index contributed by atoms with van der Waals surface area (Å²) in [5.74, 6) is -1.04. The Morgan fingerprint density at radius 3 is 2.76 bits per heavy atom. The topological polar surface area (TPSA) is 105 Å². The van der Waals surface area contributed by atoms with Crippen LogP contribution in [0.5, 0.6) is 0 Å². The highest BCUT2D eigenvalue weighted by Crippen LogP contribution is 2.23. The van der Waals surface area contributed by atoms with E-state index in [0.717, 1.165) is 0 Å². The van der Waals surface area contributed by atoms with Crippen LogP contribution in [0.1, 0.15) is 20.3 Å². The van der Waals surface area contributed by atoms with E-state index in [9.17, 15) is 9.59 Å². The molecule has 0 atom stereocenters. The number of benzene rings is 1. The van der Waals surface area contributed by atoms with Crippen molar-refractivity contribution in [2.45, 2.75) is 20.3 Å². The SMILES string of the molecule is CC(C)(CC(=O)Nc1cccc(-c2nnco2)c1)C(=O)O. The average Bonchev–Trinajstić information content (AvgIpc) is 2.91. The maximum atomic E-state index is 11.9. The summed E-state index contributed by atoms with van der Waals surface area (Å²) in [6, 6.07) is 6.88. The fourth-order valence-corrected chi connectivity index (χ4v) is 1.71. The molecule has 0 radical (unpaired) electrons. The lowest BCUT2D eigenvalue weighted by Crippen LogP contribution is -2.29. The molecule has 0 saturated carbocycles. The van der Waals surface area contributed by atoms with Crippen molar-refractivity contribution in [2.75, 3.05) is 5.32 Å². The molecule has 0 aliphatic carbocycles. The van der Waals surface area contributed by atoms with E-state index in [-0.39, 0.29) is 12.3 Å². The Bertz CT molecular complexity index is 650. The number of nitrogens with zero attached hydrogens (tertiary/aromatic N) is 2. The molecular formula is C14H15N3O4. The minimum Gasteiger partial charge on any atom is -0.481 e. The minimum absolute atomic E-state index is 0.118. The number of aliphatic carboxylic acids is 1. The van der Waals surface area contributed by atoms with Crippen LogP contribution in [0.4, 0.5) is 5.69 Å². The lowest BCUT2D eigenvalue weighted by Gasteiger charge is -2.18. The molecule has 21 heavy (non-hydrogen) atoms. The first-order valence-electron chi connectivity index (χ1n) is 6.28. The molecule has 2 N–H and O–H groups in total. The van der Waals surface area contributed by atoms with Crippen molar-refractivity contribution in [3.63, 3.8) is 0 Å². The molecule has 7 nitrogen and oxygen atoms in total. The lowest BCUT2D eigenvalue weighted by molar-refractivity contribution is -0.148. The highest BCUT2D eigenvalue weighted by Gasteiger charge is 2.30. The Morgan fingerprint density at radius 1 is 1.38 bits per heavy atom. The van der Waals surface area contributed by atoms with Crippen LogP contribution >= 0.6 is 0 Å². The first-order chi connectivity index (χ1) is 9.88. The molecule has 110 valence electrons. The second-order valence-corrected chi connectivity index (χ2v) is 5.24. The Morgan fingerprint density at radius 2 is 2.14 bits per heavy atom. The van der Waals surface area contributed by atoms with Gasteiger partial charge in [-0.15, -0.1) is 10.2 Å². The molecule has 7 heteroatoms. The molecule has 1 amide bonds. The van der Waals surface area contributed by atoms with E-state index in [0.29, 0.717) is 17.1 Å². The molecule has 0 saturated heterocycles. The first-order valence-corrected chi connectivity index (χ1v) is 6.28. The zero-order chi connectivity index (χ0) is 15.5. The van der Waals surface area contributed by atoms with Crippen molar-refractivity contribution in [1.82, 2.24) is 10.2 Å².